The summed E-state index contributed by atoms with van der Waals surface area (Å²) in [7, 11) is 0. The second kappa shape index (κ2) is 3.01. The predicted octanol–water partition coefficient (Wildman–Crippen LogP) is 2.77. The Morgan fingerprint density at radius 3 is 3.21 bits per heavy atom. The van der Waals surface area contributed by atoms with Crippen LogP contribution in [0.15, 0.2) is 35.6 Å². The van der Waals surface area contributed by atoms with Crippen LogP contribution < -0.4 is 5.32 Å². The number of rotatable bonds is 0. The Kier molecular flexibility index (Phi) is 1.79. The average Bonchev–Trinajstić information content (AvgIpc) is 2.56. The quantitative estimate of drug-likeness (QED) is 0.575. The van der Waals surface area contributed by atoms with Crippen LogP contribution in [0.25, 0.3) is 0 Å². The molecule has 0 radical (unpaired) electrons. The molecule has 1 nitrogen and oxygen atoms in total. The Labute approximate surface area is 85.6 Å². The molecule has 0 saturated carbocycles. The monoisotopic (exact) mass is 187 g/mol. The Bertz CT molecular complexity index is 335. The lowest BCUT2D eigenvalue weighted by Crippen LogP contribution is -2.29. The fourth-order valence-corrected chi connectivity index (χ4v) is 2.90. The van der Waals surface area contributed by atoms with Crippen LogP contribution >= 0.6 is 0 Å². The standard InChI is InChI=1S/C13H17N/c1-9-6-7-13-11(8-9)10-4-2-3-5-12(10)14-13/h2,4,6-7,9-10,12,14H,3,5,8H2,1H3. The molecule has 0 aromatic heterocycles. The number of hydrogen-bond donors (Lipinski definition) is 1. The zero-order chi connectivity index (χ0) is 9.54. The van der Waals surface area contributed by atoms with Crippen molar-refractivity contribution in [2.45, 2.75) is 32.2 Å². The normalized spacial score (nSPS) is 39.4. The van der Waals surface area contributed by atoms with Gasteiger partial charge in [-0.3, -0.25) is 0 Å². The molecule has 1 N–H and O–H groups in total. The van der Waals surface area contributed by atoms with Crippen molar-refractivity contribution in [3.05, 3.63) is 35.6 Å². The SMILES string of the molecule is CC1C=CC2=C(C1)C1C=CCCC1N2. The van der Waals surface area contributed by atoms with Crippen molar-refractivity contribution < 1.29 is 0 Å². The molecule has 14 heavy (non-hydrogen) atoms. The van der Waals surface area contributed by atoms with Crippen LogP contribution in [-0.2, 0) is 0 Å². The van der Waals surface area contributed by atoms with E-state index in [2.05, 4.69) is 36.5 Å². The topological polar surface area (TPSA) is 12.0 Å². The summed E-state index contributed by atoms with van der Waals surface area (Å²) in [4.78, 5) is 0. The molecule has 0 saturated heterocycles. The first-order valence-corrected chi connectivity index (χ1v) is 5.69. The lowest BCUT2D eigenvalue weighted by Gasteiger charge is -2.23. The van der Waals surface area contributed by atoms with Gasteiger partial charge in [0, 0.05) is 17.7 Å². The van der Waals surface area contributed by atoms with Gasteiger partial charge in [-0.2, -0.15) is 0 Å². The van der Waals surface area contributed by atoms with Crippen LogP contribution in [0.1, 0.15) is 26.2 Å². The van der Waals surface area contributed by atoms with Crippen LogP contribution in [0.3, 0.4) is 0 Å². The molecule has 0 amide bonds. The lowest BCUT2D eigenvalue weighted by atomic mass is 9.82. The van der Waals surface area contributed by atoms with E-state index >= 15 is 0 Å². The van der Waals surface area contributed by atoms with Gasteiger partial charge in [-0.05, 0) is 36.8 Å². The molecule has 0 aromatic rings. The largest absolute Gasteiger partial charge is 0.381 e. The zero-order valence-corrected chi connectivity index (χ0v) is 8.66. The minimum Gasteiger partial charge on any atom is -0.381 e. The molecule has 3 unspecified atom stereocenters. The number of allylic oxidation sites excluding steroid dienone is 3. The predicted molar refractivity (Wildman–Crippen MR) is 58.7 cm³/mol. The van der Waals surface area contributed by atoms with E-state index in [0.29, 0.717) is 12.0 Å². The van der Waals surface area contributed by atoms with Crippen molar-refractivity contribution in [1.29, 1.82) is 0 Å². The molecular weight excluding hydrogens is 170 g/mol. The van der Waals surface area contributed by atoms with Crippen LogP contribution in [0, 0.1) is 11.8 Å². The molecule has 1 heteroatoms. The van der Waals surface area contributed by atoms with Crippen LogP contribution in [0.4, 0.5) is 0 Å². The lowest BCUT2D eigenvalue weighted by molar-refractivity contribution is 0.474. The van der Waals surface area contributed by atoms with Gasteiger partial charge in [0.1, 0.15) is 0 Å². The smallest absolute Gasteiger partial charge is 0.0365 e. The van der Waals surface area contributed by atoms with Crippen molar-refractivity contribution >= 4 is 0 Å². The minimum absolute atomic E-state index is 0.694. The minimum atomic E-state index is 0.694. The first-order valence-electron chi connectivity index (χ1n) is 5.69. The summed E-state index contributed by atoms with van der Waals surface area (Å²) in [6.07, 6.45) is 13.2. The van der Waals surface area contributed by atoms with Crippen molar-refractivity contribution in [1.82, 2.24) is 5.32 Å². The van der Waals surface area contributed by atoms with Gasteiger partial charge in [0.15, 0.2) is 0 Å². The van der Waals surface area contributed by atoms with E-state index in [0.717, 1.165) is 5.92 Å². The molecule has 3 atom stereocenters. The number of fused-ring (bicyclic) bond motifs is 2. The van der Waals surface area contributed by atoms with Crippen LogP contribution in [-0.4, -0.2) is 6.04 Å². The van der Waals surface area contributed by atoms with E-state index < -0.39 is 0 Å². The maximum Gasteiger partial charge on any atom is 0.0365 e. The summed E-state index contributed by atoms with van der Waals surface area (Å²) in [5, 5.41) is 3.66. The van der Waals surface area contributed by atoms with E-state index in [1.165, 1.54) is 25.0 Å². The van der Waals surface area contributed by atoms with Crippen LogP contribution in [0.5, 0.6) is 0 Å². The summed E-state index contributed by atoms with van der Waals surface area (Å²) < 4.78 is 0. The van der Waals surface area contributed by atoms with Crippen molar-refractivity contribution in [2.75, 3.05) is 0 Å². The average molecular weight is 187 g/mol. The molecule has 1 heterocycles. The van der Waals surface area contributed by atoms with Gasteiger partial charge >= 0.3 is 0 Å². The van der Waals surface area contributed by atoms with E-state index in [9.17, 15) is 0 Å². The highest BCUT2D eigenvalue weighted by atomic mass is 15.0. The second-order valence-corrected chi connectivity index (χ2v) is 4.76. The van der Waals surface area contributed by atoms with Gasteiger partial charge in [-0.25, -0.2) is 0 Å². The Hall–Kier alpha value is -0.980. The van der Waals surface area contributed by atoms with E-state index in [-0.39, 0.29) is 0 Å². The highest BCUT2D eigenvalue weighted by Gasteiger charge is 2.34. The van der Waals surface area contributed by atoms with E-state index in [1.807, 2.05) is 0 Å². The third kappa shape index (κ3) is 1.15. The first-order chi connectivity index (χ1) is 6.84. The zero-order valence-electron chi connectivity index (χ0n) is 8.66. The maximum atomic E-state index is 3.66. The van der Waals surface area contributed by atoms with Crippen molar-refractivity contribution in [3.8, 4) is 0 Å². The summed E-state index contributed by atoms with van der Waals surface area (Å²) in [5.41, 5.74) is 3.07. The molecule has 0 bridgehead atoms. The maximum absolute atomic E-state index is 3.66. The van der Waals surface area contributed by atoms with E-state index in [1.54, 1.807) is 5.57 Å². The van der Waals surface area contributed by atoms with Crippen molar-refractivity contribution in [2.24, 2.45) is 11.8 Å². The Balaban J connectivity index is 1.94. The summed E-state index contributed by atoms with van der Waals surface area (Å²) in [5.74, 6) is 1.43. The second-order valence-electron chi connectivity index (χ2n) is 4.76. The summed E-state index contributed by atoms with van der Waals surface area (Å²) in [6, 6.07) is 0.694. The molecule has 3 aliphatic rings. The Morgan fingerprint density at radius 1 is 1.36 bits per heavy atom. The Morgan fingerprint density at radius 2 is 2.29 bits per heavy atom. The van der Waals surface area contributed by atoms with Crippen LogP contribution in [0.2, 0.25) is 0 Å². The fourth-order valence-electron chi connectivity index (χ4n) is 2.90. The highest BCUT2D eigenvalue weighted by molar-refractivity contribution is 5.39. The van der Waals surface area contributed by atoms with Gasteiger partial charge in [-0.1, -0.05) is 25.2 Å². The third-order valence-corrected chi connectivity index (χ3v) is 3.64. The third-order valence-electron chi connectivity index (χ3n) is 3.64. The molecule has 1 aliphatic heterocycles. The molecule has 2 aliphatic carbocycles. The van der Waals surface area contributed by atoms with Gasteiger partial charge in [0.2, 0.25) is 0 Å². The molecule has 0 fully saturated rings. The van der Waals surface area contributed by atoms with Crippen molar-refractivity contribution in [3.63, 3.8) is 0 Å². The molecule has 74 valence electrons. The van der Waals surface area contributed by atoms with Gasteiger partial charge < -0.3 is 5.32 Å². The number of hydrogen-bond acceptors (Lipinski definition) is 1. The van der Waals surface area contributed by atoms with Gasteiger partial charge in [0.25, 0.3) is 0 Å². The summed E-state index contributed by atoms with van der Waals surface area (Å²) >= 11 is 0. The molecule has 0 spiro atoms. The first kappa shape index (κ1) is 8.34. The fraction of sp³-hybridized carbons (Fsp3) is 0.538. The van der Waals surface area contributed by atoms with Gasteiger partial charge in [0.05, 0.1) is 0 Å². The molecular formula is C13H17N. The number of nitrogens with one attached hydrogen (secondary N) is 1. The van der Waals surface area contributed by atoms with E-state index in [4.69, 9.17) is 0 Å². The van der Waals surface area contributed by atoms with Gasteiger partial charge in [-0.15, -0.1) is 0 Å². The summed E-state index contributed by atoms with van der Waals surface area (Å²) in [6.45, 7) is 2.31. The molecule has 3 rings (SSSR count). The molecule has 0 aromatic carbocycles. The highest BCUT2D eigenvalue weighted by Crippen LogP contribution is 2.38.